The van der Waals surface area contributed by atoms with Crippen molar-refractivity contribution in [3.05, 3.63) is 158 Å². The number of benzene rings is 6. The Labute approximate surface area is 244 Å². The normalized spacial score (nSPS) is 11.3. The lowest BCUT2D eigenvalue weighted by Gasteiger charge is -2.13. The second-order valence-corrected chi connectivity index (χ2v) is 10.7. The Hall–Kier alpha value is -5.60. The fourth-order valence-electron chi connectivity index (χ4n) is 5.92. The molecule has 0 atom stereocenters. The molecule has 42 heavy (non-hydrogen) atoms. The molecule has 0 aliphatic carbocycles. The van der Waals surface area contributed by atoms with Crippen LogP contribution in [0.4, 0.5) is 0 Å². The topological polar surface area (TPSA) is 25.8 Å². The van der Waals surface area contributed by atoms with Gasteiger partial charge < -0.3 is 0 Å². The molecule has 2 nitrogen and oxygen atoms in total. The van der Waals surface area contributed by atoms with Gasteiger partial charge in [0.1, 0.15) is 0 Å². The summed E-state index contributed by atoms with van der Waals surface area (Å²) in [6.45, 7) is 0. The molecule has 2 heterocycles. The molecule has 0 saturated carbocycles. The summed E-state index contributed by atoms with van der Waals surface area (Å²) in [5, 5.41) is 4.62. The largest absolute Gasteiger partial charge is 0.253 e. The van der Waals surface area contributed by atoms with Gasteiger partial charge in [-0.05, 0) is 68.4 Å². The van der Waals surface area contributed by atoms with Crippen molar-refractivity contribution in [2.24, 2.45) is 0 Å². The van der Waals surface area contributed by atoms with Gasteiger partial charge in [0.2, 0.25) is 0 Å². The number of aromatic nitrogens is 2. The van der Waals surface area contributed by atoms with Crippen molar-refractivity contribution in [1.29, 1.82) is 0 Å². The van der Waals surface area contributed by atoms with Crippen LogP contribution in [0.1, 0.15) is 0 Å². The number of fused-ring (bicyclic) bond motifs is 4. The van der Waals surface area contributed by atoms with Crippen LogP contribution in [-0.4, -0.2) is 9.97 Å². The molecule has 2 heteroatoms. The third-order valence-corrected chi connectivity index (χ3v) is 8.11. The molecule has 2 aromatic heterocycles. The van der Waals surface area contributed by atoms with Crippen molar-refractivity contribution in [2.75, 3.05) is 0 Å². The Morgan fingerprint density at radius 1 is 0.286 bits per heavy atom. The summed E-state index contributed by atoms with van der Waals surface area (Å²) in [5.41, 5.74) is 11.2. The number of nitrogens with zero attached hydrogens (tertiary/aromatic N) is 2. The van der Waals surface area contributed by atoms with E-state index >= 15 is 0 Å². The van der Waals surface area contributed by atoms with Gasteiger partial charge in [0.25, 0.3) is 0 Å². The minimum Gasteiger partial charge on any atom is -0.253 e. The van der Waals surface area contributed by atoms with E-state index in [0.29, 0.717) is 0 Å². The zero-order chi connectivity index (χ0) is 27.9. The van der Waals surface area contributed by atoms with Crippen molar-refractivity contribution in [3.8, 4) is 44.5 Å². The van der Waals surface area contributed by atoms with E-state index in [-0.39, 0.29) is 0 Å². The van der Waals surface area contributed by atoms with Crippen LogP contribution in [0, 0.1) is 0 Å². The minimum atomic E-state index is 0.921. The highest BCUT2D eigenvalue weighted by atomic mass is 14.7. The molecule has 0 saturated heterocycles. The molecule has 0 radical (unpaired) electrons. The summed E-state index contributed by atoms with van der Waals surface area (Å²) in [6.07, 6.45) is 3.96. The van der Waals surface area contributed by atoms with E-state index in [1.165, 1.54) is 38.6 Å². The zero-order valence-electron chi connectivity index (χ0n) is 22.9. The first-order chi connectivity index (χ1) is 20.8. The number of hydrogen-bond acceptors (Lipinski definition) is 2. The van der Waals surface area contributed by atoms with Gasteiger partial charge in [-0.25, -0.2) is 0 Å². The Morgan fingerprint density at radius 2 is 0.714 bits per heavy atom. The second-order valence-electron chi connectivity index (χ2n) is 10.7. The maximum Gasteiger partial charge on any atom is 0.0965 e. The van der Waals surface area contributed by atoms with Crippen molar-refractivity contribution in [2.45, 2.75) is 0 Å². The highest BCUT2D eigenvalue weighted by Gasteiger charge is 2.13. The van der Waals surface area contributed by atoms with Gasteiger partial charge in [-0.3, -0.25) is 9.97 Å². The first-order valence-corrected chi connectivity index (χ1v) is 14.2. The van der Waals surface area contributed by atoms with Crippen LogP contribution >= 0.6 is 0 Å². The SMILES string of the molecule is c1ccc(-c2ccc(-c3cnc4c(ccc5cc(-c6cc7ccccc7cc6-c6ccccc6)cnc54)c3)cc2)cc1. The molecule has 0 amide bonds. The Bertz CT molecular complexity index is 2220. The summed E-state index contributed by atoms with van der Waals surface area (Å²) in [5.74, 6) is 0. The van der Waals surface area contributed by atoms with Crippen molar-refractivity contribution in [3.63, 3.8) is 0 Å². The highest BCUT2D eigenvalue weighted by Crippen LogP contribution is 2.37. The third-order valence-electron chi connectivity index (χ3n) is 8.11. The Morgan fingerprint density at radius 3 is 1.31 bits per heavy atom. The standard InChI is InChI=1S/C40H26N2/c1-3-9-27(10-4-1)28-15-17-29(18-16-28)35-21-33-19-20-34-22-36(26-42-40(34)39(33)41-25-35)38-24-32-14-8-7-13-31(32)23-37(38)30-11-5-2-6-12-30/h1-26H. The molecule has 0 spiro atoms. The predicted molar refractivity (Wildman–Crippen MR) is 176 cm³/mol. The molecule has 8 aromatic rings. The van der Waals surface area contributed by atoms with E-state index in [0.717, 1.165) is 38.5 Å². The van der Waals surface area contributed by atoms with Crippen LogP contribution in [0.3, 0.4) is 0 Å². The number of rotatable bonds is 4. The van der Waals surface area contributed by atoms with Crippen LogP contribution in [0.2, 0.25) is 0 Å². The lowest BCUT2D eigenvalue weighted by atomic mass is 9.91. The number of pyridine rings is 2. The molecule has 0 bridgehead atoms. The van der Waals surface area contributed by atoms with Gasteiger partial charge in [0.15, 0.2) is 0 Å². The molecule has 8 rings (SSSR count). The van der Waals surface area contributed by atoms with E-state index in [2.05, 4.69) is 140 Å². The molecule has 6 aromatic carbocycles. The average Bonchev–Trinajstić information content (AvgIpc) is 3.08. The quantitative estimate of drug-likeness (QED) is 0.210. The van der Waals surface area contributed by atoms with Crippen molar-refractivity contribution >= 4 is 32.6 Å². The van der Waals surface area contributed by atoms with E-state index in [9.17, 15) is 0 Å². The molecule has 0 N–H and O–H groups in total. The summed E-state index contributed by atoms with van der Waals surface area (Å²) in [6, 6.07) is 51.7. The molecular formula is C40H26N2. The minimum absolute atomic E-state index is 0.921. The van der Waals surface area contributed by atoms with E-state index in [1.54, 1.807) is 0 Å². The van der Waals surface area contributed by atoms with E-state index in [4.69, 9.17) is 9.97 Å². The van der Waals surface area contributed by atoms with Gasteiger partial charge in [-0.2, -0.15) is 0 Å². The molecule has 0 aliphatic heterocycles. The lowest BCUT2D eigenvalue weighted by molar-refractivity contribution is 1.37. The van der Waals surface area contributed by atoms with Crippen LogP contribution in [-0.2, 0) is 0 Å². The maximum absolute atomic E-state index is 4.99. The van der Waals surface area contributed by atoms with Crippen molar-refractivity contribution < 1.29 is 0 Å². The second kappa shape index (κ2) is 10.1. The van der Waals surface area contributed by atoms with Gasteiger partial charge in [-0.15, -0.1) is 0 Å². The fraction of sp³-hybridized carbons (Fsp3) is 0. The molecule has 0 fully saturated rings. The highest BCUT2D eigenvalue weighted by molar-refractivity contribution is 6.05. The monoisotopic (exact) mass is 534 g/mol. The Balaban J connectivity index is 1.20. The van der Waals surface area contributed by atoms with Crippen molar-refractivity contribution in [1.82, 2.24) is 9.97 Å². The summed E-state index contributed by atoms with van der Waals surface area (Å²) < 4.78 is 0. The fourth-order valence-corrected chi connectivity index (χ4v) is 5.92. The molecule has 0 aliphatic rings. The first-order valence-electron chi connectivity index (χ1n) is 14.2. The average molecular weight is 535 g/mol. The first kappa shape index (κ1) is 24.2. The Kier molecular flexibility index (Phi) is 5.82. The van der Waals surface area contributed by atoms with Crippen LogP contribution in [0.15, 0.2) is 158 Å². The van der Waals surface area contributed by atoms with Gasteiger partial charge >= 0.3 is 0 Å². The summed E-state index contributed by atoms with van der Waals surface area (Å²) in [7, 11) is 0. The molecular weight excluding hydrogens is 508 g/mol. The summed E-state index contributed by atoms with van der Waals surface area (Å²) in [4.78, 5) is 9.90. The number of hydrogen-bond donors (Lipinski definition) is 0. The van der Waals surface area contributed by atoms with Crippen LogP contribution < -0.4 is 0 Å². The van der Waals surface area contributed by atoms with Crippen LogP contribution in [0.5, 0.6) is 0 Å². The van der Waals surface area contributed by atoms with Gasteiger partial charge in [0.05, 0.1) is 11.0 Å². The smallest absolute Gasteiger partial charge is 0.0965 e. The van der Waals surface area contributed by atoms with E-state index in [1.807, 2.05) is 18.5 Å². The molecule has 0 unspecified atom stereocenters. The predicted octanol–water partition coefficient (Wildman–Crippen LogP) is 10.6. The van der Waals surface area contributed by atoms with Gasteiger partial charge in [-0.1, -0.05) is 121 Å². The maximum atomic E-state index is 4.99. The third kappa shape index (κ3) is 4.31. The molecule has 196 valence electrons. The van der Waals surface area contributed by atoms with E-state index < -0.39 is 0 Å². The zero-order valence-corrected chi connectivity index (χ0v) is 22.9. The summed E-state index contributed by atoms with van der Waals surface area (Å²) >= 11 is 0. The van der Waals surface area contributed by atoms with Crippen LogP contribution in [0.25, 0.3) is 77.1 Å². The lowest BCUT2D eigenvalue weighted by Crippen LogP contribution is -1.91. The van der Waals surface area contributed by atoms with Gasteiger partial charge in [0, 0.05) is 34.3 Å².